The van der Waals surface area contributed by atoms with Crippen LogP contribution in [0.1, 0.15) is 12.8 Å². The third-order valence-electron chi connectivity index (χ3n) is 2.14. The molecule has 0 heterocycles. The van der Waals surface area contributed by atoms with Crippen LogP contribution in [0, 0.1) is 5.82 Å². The van der Waals surface area contributed by atoms with Gasteiger partial charge in [-0.1, -0.05) is 0 Å². The molecule has 19 heavy (non-hydrogen) atoms. The summed E-state index contributed by atoms with van der Waals surface area (Å²) < 4.78 is 12.6. The molecule has 0 aliphatic rings. The Morgan fingerprint density at radius 1 is 1.05 bits per heavy atom. The molecule has 0 saturated carbocycles. The molecule has 0 spiro atoms. The Hall–Kier alpha value is -2.44. The van der Waals surface area contributed by atoms with Crippen molar-refractivity contribution in [3.05, 3.63) is 30.1 Å². The predicted molar refractivity (Wildman–Crippen MR) is 64.9 cm³/mol. The highest BCUT2D eigenvalue weighted by Gasteiger charge is 2.08. The van der Waals surface area contributed by atoms with E-state index < -0.39 is 30.1 Å². The smallest absolute Gasteiger partial charge is 0.322 e. The number of carbonyl (C=O) groups is 3. The van der Waals surface area contributed by atoms with Crippen molar-refractivity contribution in [2.24, 2.45) is 0 Å². The molecule has 0 fully saturated rings. The van der Waals surface area contributed by atoms with Gasteiger partial charge in [-0.25, -0.2) is 4.39 Å². The minimum Gasteiger partial charge on any atom is -0.480 e. The monoisotopic (exact) mass is 268 g/mol. The van der Waals surface area contributed by atoms with Crippen molar-refractivity contribution < 1.29 is 23.9 Å². The molecule has 0 saturated heterocycles. The van der Waals surface area contributed by atoms with E-state index in [1.165, 1.54) is 24.3 Å². The molecule has 6 nitrogen and oxygen atoms in total. The molecule has 0 unspecified atom stereocenters. The van der Waals surface area contributed by atoms with Crippen molar-refractivity contribution in [1.82, 2.24) is 5.32 Å². The van der Waals surface area contributed by atoms with Gasteiger partial charge in [-0.2, -0.15) is 0 Å². The zero-order chi connectivity index (χ0) is 14.3. The second kappa shape index (κ2) is 7.10. The number of carboxylic acids is 1. The average Bonchev–Trinajstić information content (AvgIpc) is 2.36. The maximum absolute atomic E-state index is 12.6. The van der Waals surface area contributed by atoms with E-state index in [4.69, 9.17) is 5.11 Å². The van der Waals surface area contributed by atoms with E-state index in [0.717, 1.165) is 0 Å². The van der Waals surface area contributed by atoms with E-state index in [1.807, 2.05) is 0 Å². The van der Waals surface area contributed by atoms with Crippen LogP contribution in [0.25, 0.3) is 0 Å². The van der Waals surface area contributed by atoms with Crippen LogP contribution in [0.5, 0.6) is 0 Å². The van der Waals surface area contributed by atoms with Gasteiger partial charge in [0.2, 0.25) is 11.8 Å². The van der Waals surface area contributed by atoms with Crippen LogP contribution >= 0.6 is 0 Å². The molecular formula is C12H13FN2O4. The first kappa shape index (κ1) is 14.6. The molecule has 3 N–H and O–H groups in total. The summed E-state index contributed by atoms with van der Waals surface area (Å²) in [6.07, 6.45) is -0.191. The normalized spacial score (nSPS) is 9.74. The van der Waals surface area contributed by atoms with Crippen molar-refractivity contribution in [3.8, 4) is 0 Å². The van der Waals surface area contributed by atoms with Crippen LogP contribution in [0.15, 0.2) is 24.3 Å². The van der Waals surface area contributed by atoms with E-state index in [1.54, 1.807) is 0 Å². The van der Waals surface area contributed by atoms with Gasteiger partial charge in [0.15, 0.2) is 0 Å². The van der Waals surface area contributed by atoms with Gasteiger partial charge in [-0.3, -0.25) is 14.4 Å². The number of carbonyl (C=O) groups excluding carboxylic acids is 2. The van der Waals surface area contributed by atoms with Crippen molar-refractivity contribution in [3.63, 3.8) is 0 Å². The van der Waals surface area contributed by atoms with Gasteiger partial charge in [0, 0.05) is 18.5 Å². The molecule has 0 aromatic heterocycles. The maximum Gasteiger partial charge on any atom is 0.322 e. The second-order valence-electron chi connectivity index (χ2n) is 3.73. The molecule has 0 aliphatic carbocycles. The summed E-state index contributed by atoms with van der Waals surface area (Å²) in [5.74, 6) is -2.48. The minimum absolute atomic E-state index is 0.0805. The van der Waals surface area contributed by atoms with Crippen molar-refractivity contribution >= 4 is 23.5 Å². The molecular weight excluding hydrogens is 255 g/mol. The molecule has 1 aromatic rings. The second-order valence-corrected chi connectivity index (χ2v) is 3.73. The van der Waals surface area contributed by atoms with Gasteiger partial charge >= 0.3 is 5.97 Å². The molecule has 0 radical (unpaired) electrons. The number of carboxylic acid groups (broad SMARTS) is 1. The Bertz CT molecular complexity index is 473. The minimum atomic E-state index is -1.15. The largest absolute Gasteiger partial charge is 0.480 e. The standard InChI is InChI=1S/C12H13FN2O4/c13-8-1-3-9(4-2-8)15-11(17)6-5-10(16)14-7-12(18)19/h1-4H,5-7H2,(H,14,16)(H,15,17)(H,18,19). The van der Waals surface area contributed by atoms with E-state index in [0.29, 0.717) is 5.69 Å². The van der Waals surface area contributed by atoms with Gasteiger partial charge < -0.3 is 15.7 Å². The summed E-state index contributed by atoms with van der Waals surface area (Å²) in [7, 11) is 0. The summed E-state index contributed by atoms with van der Waals surface area (Å²) in [5, 5.41) is 13.0. The fraction of sp³-hybridized carbons (Fsp3) is 0.250. The van der Waals surface area contributed by atoms with E-state index in [-0.39, 0.29) is 12.8 Å². The highest BCUT2D eigenvalue weighted by Crippen LogP contribution is 2.08. The molecule has 7 heteroatoms. The van der Waals surface area contributed by atoms with Crippen LogP contribution < -0.4 is 10.6 Å². The Morgan fingerprint density at radius 2 is 1.63 bits per heavy atom. The van der Waals surface area contributed by atoms with Gasteiger partial charge in [-0.15, -0.1) is 0 Å². The van der Waals surface area contributed by atoms with Gasteiger partial charge in [0.05, 0.1) is 0 Å². The molecule has 0 atom stereocenters. The average molecular weight is 268 g/mol. The van der Waals surface area contributed by atoms with Crippen LogP contribution in [-0.4, -0.2) is 29.4 Å². The quantitative estimate of drug-likeness (QED) is 0.709. The summed E-state index contributed by atoms with van der Waals surface area (Å²) in [6.45, 7) is -0.474. The fourth-order valence-corrected chi connectivity index (χ4v) is 1.25. The summed E-state index contributed by atoms with van der Waals surface area (Å²) in [6, 6.07) is 5.21. The molecule has 2 amide bonds. The number of anilines is 1. The van der Waals surface area contributed by atoms with Crippen molar-refractivity contribution in [1.29, 1.82) is 0 Å². The fourth-order valence-electron chi connectivity index (χ4n) is 1.25. The molecule has 1 aromatic carbocycles. The first-order valence-electron chi connectivity index (χ1n) is 5.51. The third kappa shape index (κ3) is 6.16. The zero-order valence-corrected chi connectivity index (χ0v) is 9.98. The molecule has 1 rings (SSSR count). The lowest BCUT2D eigenvalue weighted by atomic mass is 10.2. The molecule has 102 valence electrons. The van der Waals surface area contributed by atoms with E-state index >= 15 is 0 Å². The van der Waals surface area contributed by atoms with Crippen LogP contribution in [-0.2, 0) is 14.4 Å². The third-order valence-corrected chi connectivity index (χ3v) is 2.14. The van der Waals surface area contributed by atoms with Gasteiger partial charge in [0.1, 0.15) is 12.4 Å². The number of amides is 2. The van der Waals surface area contributed by atoms with Gasteiger partial charge in [-0.05, 0) is 24.3 Å². The number of rotatable bonds is 6. The lowest BCUT2D eigenvalue weighted by Crippen LogP contribution is -2.29. The summed E-state index contributed by atoms with van der Waals surface area (Å²) in [4.78, 5) is 32.8. The van der Waals surface area contributed by atoms with Crippen LogP contribution in [0.4, 0.5) is 10.1 Å². The Kier molecular flexibility index (Phi) is 5.46. The number of nitrogens with one attached hydrogen (secondary N) is 2. The number of benzene rings is 1. The maximum atomic E-state index is 12.6. The predicted octanol–water partition coefficient (Wildman–Crippen LogP) is 0.745. The topological polar surface area (TPSA) is 95.5 Å². The Labute approximate surface area is 108 Å². The lowest BCUT2D eigenvalue weighted by molar-refractivity contribution is -0.138. The Balaban J connectivity index is 2.29. The lowest BCUT2D eigenvalue weighted by Gasteiger charge is -2.05. The van der Waals surface area contributed by atoms with Crippen molar-refractivity contribution in [2.75, 3.05) is 11.9 Å². The van der Waals surface area contributed by atoms with Gasteiger partial charge in [0.25, 0.3) is 0 Å². The number of hydrogen-bond donors (Lipinski definition) is 3. The number of aliphatic carboxylic acids is 1. The molecule has 0 bridgehead atoms. The van der Waals surface area contributed by atoms with Crippen molar-refractivity contribution in [2.45, 2.75) is 12.8 Å². The van der Waals surface area contributed by atoms with E-state index in [2.05, 4.69) is 10.6 Å². The van der Waals surface area contributed by atoms with Crippen LogP contribution in [0.3, 0.4) is 0 Å². The summed E-state index contributed by atoms with van der Waals surface area (Å²) in [5.41, 5.74) is 0.428. The number of hydrogen-bond acceptors (Lipinski definition) is 3. The first-order chi connectivity index (χ1) is 8.97. The Morgan fingerprint density at radius 3 is 2.21 bits per heavy atom. The SMILES string of the molecule is O=C(O)CNC(=O)CCC(=O)Nc1ccc(F)cc1. The molecule has 0 aliphatic heterocycles. The van der Waals surface area contributed by atoms with E-state index in [9.17, 15) is 18.8 Å². The van der Waals surface area contributed by atoms with Crippen LogP contribution in [0.2, 0.25) is 0 Å². The summed E-state index contributed by atoms with van der Waals surface area (Å²) >= 11 is 0. The first-order valence-corrected chi connectivity index (χ1v) is 5.51. The zero-order valence-electron chi connectivity index (χ0n) is 9.98. The highest BCUT2D eigenvalue weighted by molar-refractivity contribution is 5.93. The highest BCUT2D eigenvalue weighted by atomic mass is 19.1. The number of halogens is 1.